The fourth-order valence-corrected chi connectivity index (χ4v) is 1.62. The Morgan fingerprint density at radius 3 is 2.74 bits per heavy atom. The van der Waals surface area contributed by atoms with E-state index in [1.807, 2.05) is 18.0 Å². The maximum Gasteiger partial charge on any atom is 0.328 e. The molecule has 2 heterocycles. The summed E-state index contributed by atoms with van der Waals surface area (Å²) in [7, 11) is 0. The SMILES string of the molecule is CC(=Nc1ncccc1C)c1c(O)[nH]c(=O)[nH]c1=O. The van der Waals surface area contributed by atoms with Crippen LogP contribution in [0.2, 0.25) is 0 Å². The molecule has 0 spiro atoms. The van der Waals surface area contributed by atoms with Crippen molar-refractivity contribution in [3.05, 3.63) is 50.3 Å². The molecule has 2 rings (SSSR count). The van der Waals surface area contributed by atoms with E-state index < -0.39 is 17.1 Å². The van der Waals surface area contributed by atoms with E-state index in [2.05, 4.69) is 15.0 Å². The quantitative estimate of drug-likeness (QED) is 0.687. The van der Waals surface area contributed by atoms with Crippen molar-refractivity contribution in [2.75, 3.05) is 0 Å². The zero-order chi connectivity index (χ0) is 14.0. The van der Waals surface area contributed by atoms with Gasteiger partial charge in [-0.2, -0.15) is 0 Å². The lowest BCUT2D eigenvalue weighted by Gasteiger charge is -2.03. The number of aromatic hydroxyl groups is 1. The molecule has 3 N–H and O–H groups in total. The molecule has 0 aliphatic carbocycles. The molecule has 19 heavy (non-hydrogen) atoms. The summed E-state index contributed by atoms with van der Waals surface area (Å²) in [5.74, 6) is -0.0615. The van der Waals surface area contributed by atoms with Crippen molar-refractivity contribution in [2.45, 2.75) is 13.8 Å². The molecule has 98 valence electrons. The van der Waals surface area contributed by atoms with Gasteiger partial charge in [0.05, 0.1) is 5.71 Å². The largest absolute Gasteiger partial charge is 0.494 e. The lowest BCUT2D eigenvalue weighted by atomic mass is 10.2. The smallest absolute Gasteiger partial charge is 0.328 e. The van der Waals surface area contributed by atoms with Gasteiger partial charge in [-0.3, -0.25) is 14.8 Å². The van der Waals surface area contributed by atoms with Crippen LogP contribution in [0.4, 0.5) is 5.82 Å². The van der Waals surface area contributed by atoms with Crippen LogP contribution in [0.5, 0.6) is 5.88 Å². The van der Waals surface area contributed by atoms with Gasteiger partial charge < -0.3 is 5.11 Å². The van der Waals surface area contributed by atoms with Crippen LogP contribution in [0.25, 0.3) is 0 Å². The van der Waals surface area contributed by atoms with Gasteiger partial charge in [-0.1, -0.05) is 6.07 Å². The number of aryl methyl sites for hydroxylation is 1. The van der Waals surface area contributed by atoms with Crippen molar-refractivity contribution in [3.63, 3.8) is 0 Å². The summed E-state index contributed by atoms with van der Waals surface area (Å²) in [6, 6.07) is 3.60. The van der Waals surface area contributed by atoms with Crippen LogP contribution in [0.3, 0.4) is 0 Å². The van der Waals surface area contributed by atoms with E-state index in [4.69, 9.17) is 0 Å². The standard InChI is InChI=1S/C12H12N4O3/c1-6-4-3-5-13-9(6)14-7(2)8-10(17)15-12(19)16-11(8)18/h3-5H,1-2H3,(H3,15,16,17,18,19). The van der Waals surface area contributed by atoms with E-state index in [1.54, 1.807) is 19.2 Å². The van der Waals surface area contributed by atoms with Gasteiger partial charge in [0.1, 0.15) is 5.56 Å². The summed E-state index contributed by atoms with van der Waals surface area (Å²) in [5.41, 5.74) is -0.451. The number of pyridine rings is 1. The van der Waals surface area contributed by atoms with E-state index in [9.17, 15) is 14.7 Å². The molecule has 0 aliphatic heterocycles. The number of rotatable bonds is 2. The van der Waals surface area contributed by atoms with Crippen LogP contribution in [-0.2, 0) is 0 Å². The molecule has 0 bridgehead atoms. The average molecular weight is 260 g/mol. The predicted molar refractivity (Wildman–Crippen MR) is 70.2 cm³/mol. The Kier molecular flexibility index (Phi) is 3.28. The average Bonchev–Trinajstić information content (AvgIpc) is 2.30. The fourth-order valence-electron chi connectivity index (χ4n) is 1.62. The predicted octanol–water partition coefficient (Wildman–Crippen LogP) is 0.613. The van der Waals surface area contributed by atoms with Crippen molar-refractivity contribution in [3.8, 4) is 5.88 Å². The minimum absolute atomic E-state index is 0.0790. The molecule has 0 radical (unpaired) electrons. The molecule has 0 unspecified atom stereocenters. The number of aromatic nitrogens is 3. The Labute approximate surface area is 107 Å². The molecular formula is C12H12N4O3. The molecule has 0 fully saturated rings. The van der Waals surface area contributed by atoms with Crippen molar-refractivity contribution in [1.29, 1.82) is 0 Å². The first-order valence-electron chi connectivity index (χ1n) is 5.52. The minimum atomic E-state index is -0.770. The van der Waals surface area contributed by atoms with Crippen molar-refractivity contribution in [1.82, 2.24) is 15.0 Å². The molecule has 0 aliphatic rings. The third-order valence-corrected chi connectivity index (χ3v) is 2.54. The van der Waals surface area contributed by atoms with Crippen LogP contribution in [0.1, 0.15) is 18.1 Å². The molecule has 0 saturated carbocycles. The number of nitrogens with zero attached hydrogens (tertiary/aromatic N) is 2. The maximum absolute atomic E-state index is 11.6. The fraction of sp³-hybridized carbons (Fsp3) is 0.167. The van der Waals surface area contributed by atoms with Gasteiger partial charge in [-0.15, -0.1) is 0 Å². The molecule has 7 nitrogen and oxygen atoms in total. The van der Waals surface area contributed by atoms with E-state index in [-0.39, 0.29) is 11.3 Å². The summed E-state index contributed by atoms with van der Waals surface area (Å²) in [6.45, 7) is 3.38. The third kappa shape index (κ3) is 2.59. The van der Waals surface area contributed by atoms with Gasteiger partial charge in [-0.25, -0.2) is 14.8 Å². The summed E-state index contributed by atoms with van der Waals surface area (Å²) in [5, 5.41) is 9.61. The van der Waals surface area contributed by atoms with E-state index in [0.717, 1.165) is 5.56 Å². The van der Waals surface area contributed by atoms with Gasteiger partial charge in [-0.05, 0) is 25.5 Å². The normalized spacial score (nSPS) is 11.6. The Bertz CT molecular complexity index is 758. The number of H-pyrrole nitrogens is 2. The van der Waals surface area contributed by atoms with Crippen molar-refractivity contribution < 1.29 is 5.11 Å². The maximum atomic E-state index is 11.6. The lowest BCUT2D eigenvalue weighted by molar-refractivity contribution is 0.447. The molecule has 2 aromatic heterocycles. The second-order valence-electron chi connectivity index (χ2n) is 3.97. The number of nitrogens with one attached hydrogen (secondary N) is 2. The van der Waals surface area contributed by atoms with E-state index in [0.29, 0.717) is 5.82 Å². The molecule has 0 atom stereocenters. The number of aliphatic imine (C=N–C) groups is 1. The van der Waals surface area contributed by atoms with E-state index in [1.165, 1.54) is 0 Å². The van der Waals surface area contributed by atoms with Crippen molar-refractivity contribution in [2.24, 2.45) is 4.99 Å². The van der Waals surface area contributed by atoms with Crippen LogP contribution < -0.4 is 11.2 Å². The summed E-state index contributed by atoms with van der Waals surface area (Å²) >= 11 is 0. The highest BCUT2D eigenvalue weighted by Crippen LogP contribution is 2.16. The highest BCUT2D eigenvalue weighted by Gasteiger charge is 2.12. The van der Waals surface area contributed by atoms with Crippen LogP contribution >= 0.6 is 0 Å². The molecule has 7 heteroatoms. The number of aromatic amines is 2. The highest BCUT2D eigenvalue weighted by atomic mass is 16.3. The second-order valence-corrected chi connectivity index (χ2v) is 3.97. The second kappa shape index (κ2) is 4.89. The van der Waals surface area contributed by atoms with Gasteiger partial charge >= 0.3 is 5.69 Å². The lowest BCUT2D eigenvalue weighted by Crippen LogP contribution is -2.27. The third-order valence-electron chi connectivity index (χ3n) is 2.54. The molecule has 0 saturated heterocycles. The topological polar surface area (TPSA) is 111 Å². The Morgan fingerprint density at radius 1 is 1.37 bits per heavy atom. The van der Waals surface area contributed by atoms with Crippen LogP contribution in [0, 0.1) is 6.92 Å². The number of hydrogen-bond donors (Lipinski definition) is 3. The van der Waals surface area contributed by atoms with Gasteiger partial charge in [0, 0.05) is 6.20 Å². The van der Waals surface area contributed by atoms with Gasteiger partial charge in [0.25, 0.3) is 5.56 Å². The van der Waals surface area contributed by atoms with Crippen LogP contribution in [0.15, 0.2) is 32.9 Å². The van der Waals surface area contributed by atoms with Crippen LogP contribution in [-0.4, -0.2) is 25.8 Å². The highest BCUT2D eigenvalue weighted by molar-refractivity contribution is 6.01. The Hall–Kier alpha value is -2.70. The van der Waals surface area contributed by atoms with E-state index >= 15 is 0 Å². The first-order valence-corrected chi connectivity index (χ1v) is 5.52. The molecular weight excluding hydrogens is 248 g/mol. The zero-order valence-corrected chi connectivity index (χ0v) is 10.4. The summed E-state index contributed by atoms with van der Waals surface area (Å²) < 4.78 is 0. The summed E-state index contributed by atoms with van der Waals surface area (Å²) in [4.78, 5) is 35.0. The Balaban J connectivity index is 2.57. The molecule has 0 amide bonds. The molecule has 2 aromatic rings. The molecule has 0 aromatic carbocycles. The zero-order valence-electron chi connectivity index (χ0n) is 10.4. The monoisotopic (exact) mass is 260 g/mol. The first-order chi connectivity index (χ1) is 8.99. The van der Waals surface area contributed by atoms with Gasteiger partial charge in [0.2, 0.25) is 5.88 Å². The van der Waals surface area contributed by atoms with Gasteiger partial charge in [0.15, 0.2) is 5.82 Å². The van der Waals surface area contributed by atoms with Crippen molar-refractivity contribution >= 4 is 11.5 Å². The number of hydrogen-bond acceptors (Lipinski definition) is 5. The first kappa shape index (κ1) is 12.7. The minimum Gasteiger partial charge on any atom is -0.494 e. The Morgan fingerprint density at radius 2 is 2.11 bits per heavy atom. The summed E-state index contributed by atoms with van der Waals surface area (Å²) in [6.07, 6.45) is 1.58.